The predicted octanol–water partition coefficient (Wildman–Crippen LogP) is 3.86. The first-order valence-electron chi connectivity index (χ1n) is 7.60. The van der Waals surface area contributed by atoms with Crippen molar-refractivity contribution in [2.45, 2.75) is 65.4 Å². The van der Waals surface area contributed by atoms with Crippen molar-refractivity contribution in [2.75, 3.05) is 0 Å². The summed E-state index contributed by atoms with van der Waals surface area (Å²) in [6.45, 7) is 9.52. The molecule has 3 fully saturated rings. The summed E-state index contributed by atoms with van der Waals surface area (Å²) in [5.41, 5.74) is -0.209. The van der Waals surface area contributed by atoms with E-state index < -0.39 is 0 Å². The molecule has 3 aliphatic carbocycles. The van der Waals surface area contributed by atoms with E-state index in [2.05, 4.69) is 27.7 Å². The third kappa shape index (κ3) is 1.35. The highest BCUT2D eigenvalue weighted by Gasteiger charge is 2.64. The van der Waals surface area contributed by atoms with E-state index in [1.165, 1.54) is 25.7 Å². The second-order valence-electron chi connectivity index (χ2n) is 7.83. The quantitative estimate of drug-likeness (QED) is 0.677. The molecule has 0 heterocycles. The van der Waals surface area contributed by atoms with Crippen LogP contribution in [0.2, 0.25) is 0 Å². The fraction of sp³-hybridized carbons (Fsp3) is 1.00. The molecule has 1 nitrogen and oxygen atoms in total. The standard InChI is InChI=1S/C16H28O/c1-10-5-6-12-9-13-14(10)11(2)7-8-16(13,17)15(12,3)4/h10-14,17H,5-9H2,1-4H3/t10-,11-,12-,13-,14-,16+/m0/s1. The molecule has 1 heteroatoms. The first kappa shape index (κ1) is 12.0. The van der Waals surface area contributed by atoms with Gasteiger partial charge in [0.2, 0.25) is 0 Å². The zero-order valence-corrected chi connectivity index (χ0v) is 11.9. The van der Waals surface area contributed by atoms with Crippen LogP contribution in [-0.2, 0) is 0 Å². The Hall–Kier alpha value is -0.0400. The molecule has 0 spiro atoms. The third-order valence-electron chi connectivity index (χ3n) is 7.02. The molecule has 6 atom stereocenters. The second-order valence-corrected chi connectivity index (χ2v) is 7.83. The van der Waals surface area contributed by atoms with Crippen molar-refractivity contribution in [3.8, 4) is 0 Å². The van der Waals surface area contributed by atoms with Crippen molar-refractivity contribution in [1.82, 2.24) is 0 Å². The number of hydrogen-bond acceptors (Lipinski definition) is 1. The van der Waals surface area contributed by atoms with Crippen molar-refractivity contribution in [1.29, 1.82) is 0 Å². The maximum absolute atomic E-state index is 11.3. The molecule has 3 aliphatic rings. The Kier molecular flexibility index (Phi) is 2.47. The van der Waals surface area contributed by atoms with Crippen molar-refractivity contribution in [3.05, 3.63) is 0 Å². The van der Waals surface area contributed by atoms with Crippen molar-refractivity contribution >= 4 is 0 Å². The first-order valence-corrected chi connectivity index (χ1v) is 7.60. The topological polar surface area (TPSA) is 20.2 Å². The van der Waals surface area contributed by atoms with Crippen LogP contribution in [0, 0.1) is 35.0 Å². The van der Waals surface area contributed by atoms with E-state index >= 15 is 0 Å². The molecular weight excluding hydrogens is 208 g/mol. The highest BCUT2D eigenvalue weighted by atomic mass is 16.3. The molecule has 17 heavy (non-hydrogen) atoms. The Morgan fingerprint density at radius 3 is 2.35 bits per heavy atom. The molecule has 0 aromatic rings. The van der Waals surface area contributed by atoms with Gasteiger partial charge in [-0.2, -0.15) is 0 Å². The molecule has 3 rings (SSSR count). The summed E-state index contributed by atoms with van der Waals surface area (Å²) in [6.07, 6.45) is 6.30. The number of fused-ring (bicyclic) bond motifs is 1. The Balaban J connectivity index is 2.05. The lowest BCUT2D eigenvalue weighted by molar-refractivity contribution is -0.148. The maximum Gasteiger partial charge on any atom is 0.0732 e. The van der Waals surface area contributed by atoms with Gasteiger partial charge in [-0.25, -0.2) is 0 Å². The minimum atomic E-state index is -0.358. The molecule has 0 aliphatic heterocycles. The Morgan fingerprint density at radius 1 is 1.00 bits per heavy atom. The summed E-state index contributed by atoms with van der Waals surface area (Å²) in [7, 11) is 0. The van der Waals surface area contributed by atoms with Crippen LogP contribution in [-0.4, -0.2) is 10.7 Å². The first-order chi connectivity index (χ1) is 7.88. The van der Waals surface area contributed by atoms with E-state index in [4.69, 9.17) is 0 Å². The molecule has 0 radical (unpaired) electrons. The van der Waals surface area contributed by atoms with Crippen LogP contribution in [0.25, 0.3) is 0 Å². The molecule has 0 saturated heterocycles. The summed E-state index contributed by atoms with van der Waals surface area (Å²) in [6, 6.07) is 0. The lowest BCUT2D eigenvalue weighted by Crippen LogP contribution is -2.54. The molecule has 3 saturated carbocycles. The van der Waals surface area contributed by atoms with Crippen molar-refractivity contribution in [3.63, 3.8) is 0 Å². The van der Waals surface area contributed by atoms with Gasteiger partial charge >= 0.3 is 0 Å². The predicted molar refractivity (Wildman–Crippen MR) is 70.6 cm³/mol. The lowest BCUT2D eigenvalue weighted by Gasteiger charge is -2.53. The average molecular weight is 236 g/mol. The van der Waals surface area contributed by atoms with Crippen LogP contribution in [0.4, 0.5) is 0 Å². The highest BCUT2D eigenvalue weighted by molar-refractivity contribution is 5.14. The van der Waals surface area contributed by atoms with Gasteiger partial charge in [0.1, 0.15) is 0 Å². The van der Waals surface area contributed by atoms with Gasteiger partial charge in [-0.1, -0.05) is 34.1 Å². The fourth-order valence-corrected chi connectivity index (χ4v) is 5.74. The number of aliphatic hydroxyl groups is 1. The zero-order chi connectivity index (χ0) is 12.4. The van der Waals surface area contributed by atoms with Crippen LogP contribution < -0.4 is 0 Å². The van der Waals surface area contributed by atoms with Crippen LogP contribution in [0.3, 0.4) is 0 Å². The molecule has 0 unspecified atom stereocenters. The van der Waals surface area contributed by atoms with E-state index in [0.717, 1.165) is 30.1 Å². The minimum Gasteiger partial charge on any atom is -0.389 e. The van der Waals surface area contributed by atoms with Gasteiger partial charge < -0.3 is 5.11 Å². The summed E-state index contributed by atoms with van der Waals surface area (Å²) in [5, 5.41) is 11.3. The zero-order valence-electron chi connectivity index (χ0n) is 11.9. The fourth-order valence-electron chi connectivity index (χ4n) is 5.74. The highest BCUT2D eigenvalue weighted by Crippen LogP contribution is 2.65. The summed E-state index contributed by atoms with van der Waals surface area (Å²) < 4.78 is 0. The maximum atomic E-state index is 11.3. The molecule has 1 N–H and O–H groups in total. The van der Waals surface area contributed by atoms with Crippen LogP contribution in [0.1, 0.15) is 59.8 Å². The van der Waals surface area contributed by atoms with E-state index in [-0.39, 0.29) is 11.0 Å². The lowest BCUT2D eigenvalue weighted by atomic mass is 9.56. The van der Waals surface area contributed by atoms with Crippen molar-refractivity contribution in [2.24, 2.45) is 35.0 Å². The van der Waals surface area contributed by atoms with E-state index in [0.29, 0.717) is 5.92 Å². The van der Waals surface area contributed by atoms with Gasteiger partial charge in [-0.05, 0) is 60.7 Å². The van der Waals surface area contributed by atoms with Crippen LogP contribution >= 0.6 is 0 Å². The van der Waals surface area contributed by atoms with E-state index in [1.54, 1.807) is 0 Å². The minimum absolute atomic E-state index is 0.149. The van der Waals surface area contributed by atoms with Gasteiger partial charge in [0, 0.05) is 0 Å². The molecule has 0 amide bonds. The molecular formula is C16H28O. The monoisotopic (exact) mass is 236 g/mol. The van der Waals surface area contributed by atoms with E-state index in [1.807, 2.05) is 0 Å². The summed E-state index contributed by atoms with van der Waals surface area (Å²) in [5.74, 6) is 3.77. The SMILES string of the molecule is C[C@H]1CC[C@H]2C[C@H]3[C@@H]1[C@@H](C)CC[C@]3(O)C2(C)C. The van der Waals surface area contributed by atoms with Gasteiger partial charge in [-0.15, -0.1) is 0 Å². The molecule has 0 aromatic carbocycles. The van der Waals surface area contributed by atoms with Gasteiger partial charge in [0.25, 0.3) is 0 Å². The second kappa shape index (κ2) is 3.50. The number of rotatable bonds is 0. The number of hydrogen-bond donors (Lipinski definition) is 1. The van der Waals surface area contributed by atoms with Gasteiger partial charge in [-0.3, -0.25) is 0 Å². The van der Waals surface area contributed by atoms with Crippen LogP contribution in [0.5, 0.6) is 0 Å². The summed E-state index contributed by atoms with van der Waals surface area (Å²) >= 11 is 0. The van der Waals surface area contributed by atoms with Gasteiger partial charge in [0.15, 0.2) is 0 Å². The summed E-state index contributed by atoms with van der Waals surface area (Å²) in [4.78, 5) is 0. The molecule has 0 aromatic heterocycles. The molecule has 98 valence electrons. The smallest absolute Gasteiger partial charge is 0.0732 e. The van der Waals surface area contributed by atoms with Gasteiger partial charge in [0.05, 0.1) is 5.60 Å². The molecule has 2 bridgehead atoms. The Bertz CT molecular complexity index is 321. The Labute approximate surface area is 106 Å². The average Bonchev–Trinajstić information content (AvgIpc) is 2.41. The van der Waals surface area contributed by atoms with E-state index in [9.17, 15) is 5.11 Å². The Morgan fingerprint density at radius 2 is 1.65 bits per heavy atom. The largest absolute Gasteiger partial charge is 0.389 e. The van der Waals surface area contributed by atoms with Crippen LogP contribution in [0.15, 0.2) is 0 Å². The normalized spacial score (nSPS) is 56.6. The third-order valence-corrected chi connectivity index (χ3v) is 7.02. The van der Waals surface area contributed by atoms with Crippen molar-refractivity contribution < 1.29 is 5.11 Å².